The summed E-state index contributed by atoms with van der Waals surface area (Å²) >= 11 is 0. The molecule has 1 aliphatic carbocycles. The first-order chi connectivity index (χ1) is 9.00. The summed E-state index contributed by atoms with van der Waals surface area (Å²) in [6.45, 7) is 4.87. The van der Waals surface area contributed by atoms with Crippen molar-refractivity contribution in [2.24, 2.45) is 11.3 Å². The van der Waals surface area contributed by atoms with E-state index in [1.807, 2.05) is 44.2 Å². The lowest BCUT2D eigenvalue weighted by Gasteiger charge is -2.49. The fourth-order valence-corrected chi connectivity index (χ4v) is 2.32. The summed E-state index contributed by atoms with van der Waals surface area (Å²) in [5, 5.41) is 12.4. The predicted octanol–water partition coefficient (Wildman–Crippen LogP) is 2.32. The molecule has 0 bridgehead atoms. The first-order valence-electron chi connectivity index (χ1n) is 6.63. The summed E-state index contributed by atoms with van der Waals surface area (Å²) in [6, 6.07) is 9.58. The van der Waals surface area contributed by atoms with Crippen molar-refractivity contribution in [1.82, 2.24) is 5.32 Å². The van der Waals surface area contributed by atoms with E-state index < -0.39 is 6.09 Å². The minimum absolute atomic E-state index is 0.118. The number of aliphatic hydroxyl groups is 1. The largest absolute Gasteiger partial charge is 0.445 e. The molecule has 4 nitrogen and oxygen atoms in total. The van der Waals surface area contributed by atoms with Gasteiger partial charge in [-0.1, -0.05) is 44.2 Å². The predicted molar refractivity (Wildman–Crippen MR) is 72.5 cm³/mol. The van der Waals surface area contributed by atoms with Gasteiger partial charge < -0.3 is 15.2 Å². The molecule has 2 atom stereocenters. The lowest BCUT2D eigenvalue weighted by atomic mass is 9.60. The number of rotatable bonds is 4. The molecule has 2 N–H and O–H groups in total. The summed E-state index contributed by atoms with van der Waals surface area (Å²) in [7, 11) is 0. The molecule has 0 radical (unpaired) electrons. The SMILES string of the molecule is CC1(C)C(O)CC1CNC(=O)OCc1ccccc1. The average Bonchev–Trinajstić information content (AvgIpc) is 2.42. The van der Waals surface area contributed by atoms with Crippen LogP contribution in [0.3, 0.4) is 0 Å². The molecule has 0 aromatic heterocycles. The molecule has 0 spiro atoms. The van der Waals surface area contributed by atoms with Crippen molar-refractivity contribution in [2.75, 3.05) is 6.54 Å². The molecule has 1 aromatic carbocycles. The van der Waals surface area contributed by atoms with E-state index in [0.717, 1.165) is 12.0 Å². The molecule has 0 saturated heterocycles. The van der Waals surface area contributed by atoms with Gasteiger partial charge >= 0.3 is 6.09 Å². The maximum absolute atomic E-state index is 11.6. The van der Waals surface area contributed by atoms with Crippen LogP contribution in [0.2, 0.25) is 0 Å². The molecule has 1 aliphatic rings. The highest BCUT2D eigenvalue weighted by molar-refractivity contribution is 5.67. The van der Waals surface area contributed by atoms with Crippen molar-refractivity contribution >= 4 is 6.09 Å². The zero-order valence-corrected chi connectivity index (χ0v) is 11.4. The molecular formula is C15H21NO3. The molecule has 1 saturated carbocycles. The zero-order valence-electron chi connectivity index (χ0n) is 11.4. The third-order valence-corrected chi connectivity index (χ3v) is 4.12. The second-order valence-electron chi connectivity index (χ2n) is 5.71. The van der Waals surface area contributed by atoms with Crippen molar-refractivity contribution in [3.05, 3.63) is 35.9 Å². The van der Waals surface area contributed by atoms with Gasteiger partial charge in [-0.2, -0.15) is 0 Å². The van der Waals surface area contributed by atoms with E-state index in [-0.39, 0.29) is 18.1 Å². The summed E-state index contributed by atoms with van der Waals surface area (Å²) in [6.07, 6.45) is 0.0760. The summed E-state index contributed by atoms with van der Waals surface area (Å²) < 4.78 is 5.13. The number of carbonyl (C=O) groups excluding carboxylic acids is 1. The van der Waals surface area contributed by atoms with Gasteiger partial charge in [0, 0.05) is 6.54 Å². The number of nitrogens with one attached hydrogen (secondary N) is 1. The van der Waals surface area contributed by atoms with E-state index in [1.54, 1.807) is 0 Å². The van der Waals surface area contributed by atoms with Crippen LogP contribution < -0.4 is 5.32 Å². The minimum atomic E-state index is -0.402. The van der Waals surface area contributed by atoms with Gasteiger partial charge in [-0.15, -0.1) is 0 Å². The molecule has 2 rings (SSSR count). The highest BCUT2D eigenvalue weighted by atomic mass is 16.5. The normalized spacial score (nSPS) is 24.4. The van der Waals surface area contributed by atoms with Gasteiger partial charge in [-0.3, -0.25) is 0 Å². The second kappa shape index (κ2) is 5.61. The lowest BCUT2D eigenvalue weighted by Crippen LogP contribution is -2.53. The van der Waals surface area contributed by atoms with Gasteiger partial charge in [-0.05, 0) is 23.3 Å². The van der Waals surface area contributed by atoms with Crippen LogP contribution in [0.4, 0.5) is 4.79 Å². The molecule has 4 heteroatoms. The van der Waals surface area contributed by atoms with E-state index in [2.05, 4.69) is 5.32 Å². The topological polar surface area (TPSA) is 58.6 Å². The maximum atomic E-state index is 11.6. The monoisotopic (exact) mass is 263 g/mol. The van der Waals surface area contributed by atoms with E-state index in [4.69, 9.17) is 4.74 Å². The van der Waals surface area contributed by atoms with Crippen LogP contribution >= 0.6 is 0 Å². The molecule has 19 heavy (non-hydrogen) atoms. The molecule has 1 fully saturated rings. The van der Waals surface area contributed by atoms with E-state index >= 15 is 0 Å². The van der Waals surface area contributed by atoms with Crippen molar-refractivity contribution in [2.45, 2.75) is 33.0 Å². The van der Waals surface area contributed by atoms with Crippen LogP contribution in [0.15, 0.2) is 30.3 Å². The van der Waals surface area contributed by atoms with Crippen LogP contribution in [0.25, 0.3) is 0 Å². The first kappa shape index (κ1) is 13.9. The average molecular weight is 263 g/mol. The number of carbonyl (C=O) groups is 1. The number of aliphatic hydroxyl groups excluding tert-OH is 1. The molecular weight excluding hydrogens is 242 g/mol. The standard InChI is InChI=1S/C15H21NO3/c1-15(2)12(8-13(15)17)9-16-14(18)19-10-11-6-4-3-5-7-11/h3-7,12-13,17H,8-10H2,1-2H3,(H,16,18). The number of alkyl carbamates (subject to hydrolysis) is 1. The Kier molecular flexibility index (Phi) is 4.10. The fourth-order valence-electron chi connectivity index (χ4n) is 2.32. The molecule has 2 unspecified atom stereocenters. The Morgan fingerprint density at radius 1 is 1.42 bits per heavy atom. The van der Waals surface area contributed by atoms with Gasteiger partial charge in [-0.25, -0.2) is 4.79 Å². The van der Waals surface area contributed by atoms with E-state index in [0.29, 0.717) is 12.5 Å². The van der Waals surface area contributed by atoms with Gasteiger partial charge in [0.2, 0.25) is 0 Å². The highest BCUT2D eigenvalue weighted by Gasteiger charge is 2.46. The highest BCUT2D eigenvalue weighted by Crippen LogP contribution is 2.45. The number of amides is 1. The van der Waals surface area contributed by atoms with Crippen LogP contribution in [-0.4, -0.2) is 23.8 Å². The first-order valence-corrected chi connectivity index (χ1v) is 6.63. The molecule has 1 amide bonds. The van der Waals surface area contributed by atoms with Crippen molar-refractivity contribution in [3.63, 3.8) is 0 Å². The Balaban J connectivity index is 1.68. The minimum Gasteiger partial charge on any atom is -0.445 e. The van der Waals surface area contributed by atoms with Gasteiger partial charge in [0.1, 0.15) is 6.61 Å². The van der Waals surface area contributed by atoms with Crippen LogP contribution in [0.5, 0.6) is 0 Å². The van der Waals surface area contributed by atoms with E-state index in [1.165, 1.54) is 0 Å². The smallest absolute Gasteiger partial charge is 0.407 e. The number of hydrogen-bond acceptors (Lipinski definition) is 3. The third kappa shape index (κ3) is 3.26. The summed E-state index contributed by atoms with van der Waals surface area (Å²) in [5.74, 6) is 0.312. The molecule has 104 valence electrons. The maximum Gasteiger partial charge on any atom is 0.407 e. The Morgan fingerprint density at radius 3 is 2.68 bits per heavy atom. The Labute approximate surface area is 113 Å². The number of benzene rings is 1. The second-order valence-corrected chi connectivity index (χ2v) is 5.71. The van der Waals surface area contributed by atoms with Crippen molar-refractivity contribution < 1.29 is 14.6 Å². The fraction of sp³-hybridized carbons (Fsp3) is 0.533. The molecule has 1 aromatic rings. The van der Waals surface area contributed by atoms with Crippen LogP contribution in [0, 0.1) is 11.3 Å². The van der Waals surface area contributed by atoms with E-state index in [9.17, 15) is 9.90 Å². The summed E-state index contributed by atoms with van der Waals surface area (Å²) in [5.41, 5.74) is 0.851. The number of hydrogen-bond donors (Lipinski definition) is 2. The third-order valence-electron chi connectivity index (χ3n) is 4.12. The van der Waals surface area contributed by atoms with Crippen LogP contribution in [-0.2, 0) is 11.3 Å². The molecule has 0 heterocycles. The van der Waals surface area contributed by atoms with Crippen LogP contribution in [0.1, 0.15) is 25.8 Å². The Bertz CT molecular complexity index is 430. The Morgan fingerprint density at radius 2 is 2.11 bits per heavy atom. The summed E-state index contributed by atoms with van der Waals surface area (Å²) in [4.78, 5) is 11.6. The van der Waals surface area contributed by atoms with Crippen molar-refractivity contribution in [1.29, 1.82) is 0 Å². The van der Waals surface area contributed by atoms with Gasteiger partial charge in [0.05, 0.1) is 6.10 Å². The van der Waals surface area contributed by atoms with Gasteiger partial charge in [0.15, 0.2) is 0 Å². The molecule has 0 aliphatic heterocycles. The van der Waals surface area contributed by atoms with Crippen molar-refractivity contribution in [3.8, 4) is 0 Å². The zero-order chi connectivity index (χ0) is 13.9. The number of ether oxygens (including phenoxy) is 1. The van der Waals surface area contributed by atoms with Gasteiger partial charge in [0.25, 0.3) is 0 Å². The quantitative estimate of drug-likeness (QED) is 0.876. The Hall–Kier alpha value is -1.55. The lowest BCUT2D eigenvalue weighted by molar-refractivity contribution is -0.0961.